The summed E-state index contributed by atoms with van der Waals surface area (Å²) in [5.41, 5.74) is 1.01. The van der Waals surface area contributed by atoms with Gasteiger partial charge in [0.15, 0.2) is 5.76 Å². The highest BCUT2D eigenvalue weighted by molar-refractivity contribution is 5.91. The SMILES string of the molecule is CCCNC(=O)c1ccc(Cn2nc(N3CCN(c4ccccc4)CC3)ccc2=O)o1. The van der Waals surface area contributed by atoms with E-state index in [2.05, 4.69) is 32.3 Å². The molecule has 8 nitrogen and oxygen atoms in total. The Kier molecular flexibility index (Phi) is 6.35. The third-order valence-electron chi connectivity index (χ3n) is 5.30. The van der Waals surface area contributed by atoms with Crippen LogP contribution in [0.4, 0.5) is 11.5 Å². The first-order valence-electron chi connectivity index (χ1n) is 10.6. The van der Waals surface area contributed by atoms with E-state index in [9.17, 15) is 9.59 Å². The van der Waals surface area contributed by atoms with Gasteiger partial charge in [0.25, 0.3) is 11.5 Å². The molecule has 8 heteroatoms. The van der Waals surface area contributed by atoms with Gasteiger partial charge in [-0.3, -0.25) is 9.59 Å². The molecular formula is C23H27N5O3. The number of hydrogen-bond acceptors (Lipinski definition) is 6. The largest absolute Gasteiger partial charge is 0.454 e. The number of carbonyl (C=O) groups excluding carboxylic acids is 1. The van der Waals surface area contributed by atoms with E-state index in [-0.39, 0.29) is 23.8 Å². The van der Waals surface area contributed by atoms with Gasteiger partial charge in [0.05, 0.1) is 0 Å². The van der Waals surface area contributed by atoms with Crippen LogP contribution in [0.1, 0.15) is 29.7 Å². The molecule has 0 aliphatic carbocycles. The molecule has 31 heavy (non-hydrogen) atoms. The zero-order chi connectivity index (χ0) is 21.6. The van der Waals surface area contributed by atoms with Gasteiger partial charge in [-0.15, -0.1) is 0 Å². The summed E-state index contributed by atoms with van der Waals surface area (Å²) in [7, 11) is 0. The van der Waals surface area contributed by atoms with E-state index in [1.54, 1.807) is 18.2 Å². The van der Waals surface area contributed by atoms with Crippen molar-refractivity contribution >= 4 is 17.4 Å². The molecule has 0 atom stereocenters. The second kappa shape index (κ2) is 9.51. The highest BCUT2D eigenvalue weighted by Crippen LogP contribution is 2.18. The van der Waals surface area contributed by atoms with E-state index in [1.807, 2.05) is 25.1 Å². The maximum Gasteiger partial charge on any atom is 0.286 e. The highest BCUT2D eigenvalue weighted by Gasteiger charge is 2.19. The lowest BCUT2D eigenvalue weighted by Gasteiger charge is -2.36. The molecule has 3 aromatic rings. The number of nitrogens with zero attached hydrogens (tertiary/aromatic N) is 4. The number of piperazine rings is 1. The molecule has 2 aromatic heterocycles. The lowest BCUT2D eigenvalue weighted by Crippen LogP contribution is -2.47. The molecule has 1 aliphatic heterocycles. The second-order valence-electron chi connectivity index (χ2n) is 7.52. The molecule has 1 amide bonds. The Morgan fingerprint density at radius 2 is 1.74 bits per heavy atom. The standard InChI is InChI=1S/C23H27N5O3/c1-2-12-24-23(30)20-9-8-19(31-20)17-28-22(29)11-10-21(25-28)27-15-13-26(14-16-27)18-6-4-3-5-7-18/h3-11H,2,12-17H2,1H3,(H,24,30). The van der Waals surface area contributed by atoms with Crippen LogP contribution in [0, 0.1) is 0 Å². The van der Waals surface area contributed by atoms with Crippen LogP contribution in [-0.2, 0) is 6.54 Å². The number of amides is 1. The molecule has 0 bridgehead atoms. The van der Waals surface area contributed by atoms with Crippen molar-refractivity contribution in [1.82, 2.24) is 15.1 Å². The number of nitrogens with one attached hydrogen (secondary N) is 1. The molecule has 0 unspecified atom stereocenters. The highest BCUT2D eigenvalue weighted by atomic mass is 16.4. The van der Waals surface area contributed by atoms with E-state index in [0.717, 1.165) is 38.4 Å². The molecule has 1 aromatic carbocycles. The minimum Gasteiger partial charge on any atom is -0.454 e. The van der Waals surface area contributed by atoms with E-state index in [1.165, 1.54) is 16.4 Å². The Balaban J connectivity index is 1.42. The zero-order valence-corrected chi connectivity index (χ0v) is 17.7. The van der Waals surface area contributed by atoms with Crippen molar-refractivity contribution in [3.05, 3.63) is 76.5 Å². The minimum atomic E-state index is -0.251. The summed E-state index contributed by atoms with van der Waals surface area (Å²) in [6.07, 6.45) is 0.852. The predicted octanol–water partition coefficient (Wildman–Crippen LogP) is 2.35. The Morgan fingerprint density at radius 1 is 1.00 bits per heavy atom. The fourth-order valence-electron chi connectivity index (χ4n) is 3.61. The molecule has 4 rings (SSSR count). The lowest BCUT2D eigenvalue weighted by molar-refractivity contribution is 0.0924. The molecule has 1 N–H and O–H groups in total. The maximum absolute atomic E-state index is 12.3. The molecule has 0 radical (unpaired) electrons. The van der Waals surface area contributed by atoms with Gasteiger partial charge in [0.2, 0.25) is 0 Å². The number of para-hydroxylation sites is 1. The van der Waals surface area contributed by atoms with Gasteiger partial charge in [-0.1, -0.05) is 25.1 Å². The second-order valence-corrected chi connectivity index (χ2v) is 7.52. The van der Waals surface area contributed by atoms with Gasteiger partial charge in [0.1, 0.15) is 18.1 Å². The van der Waals surface area contributed by atoms with Crippen molar-refractivity contribution in [3.63, 3.8) is 0 Å². The van der Waals surface area contributed by atoms with Gasteiger partial charge in [-0.2, -0.15) is 5.10 Å². The zero-order valence-electron chi connectivity index (χ0n) is 17.7. The molecule has 162 valence electrons. The fraction of sp³-hybridized carbons (Fsp3) is 0.348. The van der Waals surface area contributed by atoms with Crippen molar-refractivity contribution in [1.29, 1.82) is 0 Å². The fourth-order valence-corrected chi connectivity index (χ4v) is 3.61. The third-order valence-corrected chi connectivity index (χ3v) is 5.30. The number of aromatic nitrogens is 2. The van der Waals surface area contributed by atoms with Crippen LogP contribution in [0.15, 0.2) is 63.8 Å². The van der Waals surface area contributed by atoms with Crippen LogP contribution in [-0.4, -0.2) is 48.4 Å². The Hall–Kier alpha value is -3.55. The van der Waals surface area contributed by atoms with Crippen LogP contribution < -0.4 is 20.7 Å². The van der Waals surface area contributed by atoms with Crippen LogP contribution in [0.5, 0.6) is 0 Å². The monoisotopic (exact) mass is 421 g/mol. The van der Waals surface area contributed by atoms with E-state index >= 15 is 0 Å². The van der Waals surface area contributed by atoms with Gasteiger partial charge < -0.3 is 19.5 Å². The van der Waals surface area contributed by atoms with Crippen molar-refractivity contribution in [2.24, 2.45) is 0 Å². The molecule has 1 fully saturated rings. The van der Waals surface area contributed by atoms with Crippen LogP contribution >= 0.6 is 0 Å². The summed E-state index contributed by atoms with van der Waals surface area (Å²) in [6.45, 7) is 6.18. The third kappa shape index (κ3) is 4.96. The summed E-state index contributed by atoms with van der Waals surface area (Å²) in [6, 6.07) is 17.0. The average molecular weight is 422 g/mol. The van der Waals surface area contributed by atoms with Crippen molar-refractivity contribution in [2.75, 3.05) is 42.5 Å². The van der Waals surface area contributed by atoms with Crippen LogP contribution in [0.3, 0.4) is 0 Å². The number of rotatable bonds is 7. The van der Waals surface area contributed by atoms with E-state index in [4.69, 9.17) is 4.42 Å². The first kappa shape index (κ1) is 20.7. The van der Waals surface area contributed by atoms with E-state index < -0.39 is 0 Å². The maximum atomic E-state index is 12.3. The number of carbonyl (C=O) groups is 1. The van der Waals surface area contributed by atoms with Gasteiger partial charge in [0, 0.05) is 44.5 Å². The lowest BCUT2D eigenvalue weighted by atomic mass is 10.2. The first-order chi connectivity index (χ1) is 15.1. The summed E-state index contributed by atoms with van der Waals surface area (Å²) < 4.78 is 7.00. The Morgan fingerprint density at radius 3 is 2.48 bits per heavy atom. The topological polar surface area (TPSA) is 83.6 Å². The number of hydrogen-bond donors (Lipinski definition) is 1. The Bertz CT molecular complexity index is 1070. The van der Waals surface area contributed by atoms with E-state index in [0.29, 0.717) is 12.3 Å². The first-order valence-corrected chi connectivity index (χ1v) is 10.6. The Labute approximate surface area is 181 Å². The molecule has 0 spiro atoms. The molecule has 3 heterocycles. The quantitative estimate of drug-likeness (QED) is 0.631. The normalized spacial score (nSPS) is 14.0. The minimum absolute atomic E-state index is 0.178. The number of furan rings is 1. The molecule has 0 saturated carbocycles. The predicted molar refractivity (Wildman–Crippen MR) is 120 cm³/mol. The number of anilines is 2. The average Bonchev–Trinajstić information content (AvgIpc) is 3.28. The summed E-state index contributed by atoms with van der Waals surface area (Å²) in [5.74, 6) is 1.27. The van der Waals surface area contributed by atoms with Gasteiger partial charge in [-0.25, -0.2) is 4.68 Å². The van der Waals surface area contributed by atoms with Gasteiger partial charge in [-0.05, 0) is 36.8 Å². The number of benzene rings is 1. The summed E-state index contributed by atoms with van der Waals surface area (Å²) >= 11 is 0. The smallest absolute Gasteiger partial charge is 0.286 e. The van der Waals surface area contributed by atoms with Crippen LogP contribution in [0.2, 0.25) is 0 Å². The summed E-state index contributed by atoms with van der Waals surface area (Å²) in [5, 5.41) is 7.32. The summed E-state index contributed by atoms with van der Waals surface area (Å²) in [4.78, 5) is 28.9. The van der Waals surface area contributed by atoms with Crippen LogP contribution in [0.25, 0.3) is 0 Å². The van der Waals surface area contributed by atoms with Crippen molar-refractivity contribution in [3.8, 4) is 0 Å². The molecule has 1 aliphatic rings. The molecule has 1 saturated heterocycles. The molecular weight excluding hydrogens is 394 g/mol. The van der Waals surface area contributed by atoms with Crippen molar-refractivity contribution in [2.45, 2.75) is 19.9 Å². The van der Waals surface area contributed by atoms with Crippen molar-refractivity contribution < 1.29 is 9.21 Å². The van der Waals surface area contributed by atoms with Gasteiger partial charge >= 0.3 is 0 Å².